The molecule has 2 aromatic rings. The molecule has 0 fully saturated rings. The second kappa shape index (κ2) is 3.52. The predicted molar refractivity (Wildman–Crippen MR) is 51.4 cm³/mol. The van der Waals surface area contributed by atoms with Crippen molar-refractivity contribution >= 4 is 21.6 Å². The Morgan fingerprint density at radius 3 is 3.23 bits per heavy atom. The van der Waals surface area contributed by atoms with E-state index < -0.39 is 0 Å². The number of rotatable bonds is 0. The maximum atomic E-state index is 8.54. The number of hydrogen-bond acceptors (Lipinski definition) is 4. The molecule has 0 bridgehead atoms. The first-order chi connectivity index (χ1) is 6.42. The van der Waals surface area contributed by atoms with E-state index in [1.54, 1.807) is 11.3 Å². The van der Waals surface area contributed by atoms with Crippen molar-refractivity contribution < 1.29 is 5.11 Å². The first-order valence-corrected chi connectivity index (χ1v) is 4.57. The molecule has 2 rings (SSSR count). The van der Waals surface area contributed by atoms with Gasteiger partial charge in [-0.3, -0.25) is 0 Å². The molecular formula is C9H6N2OS. The van der Waals surface area contributed by atoms with Crippen LogP contribution in [0, 0.1) is 11.8 Å². The van der Waals surface area contributed by atoms with Gasteiger partial charge < -0.3 is 5.11 Å². The molecule has 0 aromatic carbocycles. The van der Waals surface area contributed by atoms with Crippen LogP contribution in [0.5, 0.6) is 0 Å². The number of nitrogens with zero attached hydrogens (tertiary/aromatic N) is 2. The van der Waals surface area contributed by atoms with Crippen molar-refractivity contribution in [1.29, 1.82) is 0 Å². The Kier molecular flexibility index (Phi) is 2.21. The first-order valence-electron chi connectivity index (χ1n) is 3.70. The molecule has 0 aliphatic carbocycles. The third-order valence-corrected chi connectivity index (χ3v) is 2.37. The average molecular weight is 190 g/mol. The molecule has 13 heavy (non-hydrogen) atoms. The van der Waals surface area contributed by atoms with E-state index in [1.807, 2.05) is 11.4 Å². The summed E-state index contributed by atoms with van der Waals surface area (Å²) in [6.45, 7) is -0.143. The highest BCUT2D eigenvalue weighted by Gasteiger charge is 2.00. The summed E-state index contributed by atoms with van der Waals surface area (Å²) in [5, 5.41) is 11.4. The second-order valence-corrected chi connectivity index (χ2v) is 3.22. The molecule has 0 saturated heterocycles. The summed E-state index contributed by atoms with van der Waals surface area (Å²) < 4.78 is 0. The van der Waals surface area contributed by atoms with Gasteiger partial charge in [-0.2, -0.15) is 0 Å². The van der Waals surface area contributed by atoms with Crippen LogP contribution in [0.1, 0.15) is 5.69 Å². The molecule has 0 unspecified atom stereocenters. The summed E-state index contributed by atoms with van der Waals surface area (Å²) in [5.74, 6) is 5.35. The topological polar surface area (TPSA) is 46.0 Å². The SMILES string of the molecule is OCC#Cc1ncnc2sccc12. The van der Waals surface area contributed by atoms with Crippen LogP contribution in [0.15, 0.2) is 17.8 Å². The van der Waals surface area contributed by atoms with E-state index in [1.165, 1.54) is 6.33 Å². The molecule has 0 amide bonds. The van der Waals surface area contributed by atoms with Gasteiger partial charge in [0.25, 0.3) is 0 Å². The maximum Gasteiger partial charge on any atom is 0.127 e. The summed E-state index contributed by atoms with van der Waals surface area (Å²) in [5.41, 5.74) is 0.681. The molecule has 2 heterocycles. The number of aliphatic hydroxyl groups is 1. The highest BCUT2D eigenvalue weighted by molar-refractivity contribution is 7.16. The Bertz CT molecular complexity index is 481. The van der Waals surface area contributed by atoms with Crippen LogP contribution >= 0.6 is 11.3 Å². The zero-order valence-corrected chi connectivity index (χ0v) is 7.51. The molecule has 64 valence electrons. The van der Waals surface area contributed by atoms with Gasteiger partial charge in [0.1, 0.15) is 23.5 Å². The minimum absolute atomic E-state index is 0.143. The Morgan fingerprint density at radius 1 is 1.46 bits per heavy atom. The molecule has 2 aromatic heterocycles. The minimum Gasteiger partial charge on any atom is -0.384 e. The second-order valence-electron chi connectivity index (χ2n) is 2.32. The van der Waals surface area contributed by atoms with Gasteiger partial charge in [-0.15, -0.1) is 11.3 Å². The quantitative estimate of drug-likeness (QED) is 0.631. The van der Waals surface area contributed by atoms with Gasteiger partial charge in [-0.1, -0.05) is 5.92 Å². The normalized spacial score (nSPS) is 9.62. The molecule has 0 atom stereocenters. The fourth-order valence-electron chi connectivity index (χ4n) is 1.01. The van der Waals surface area contributed by atoms with E-state index in [2.05, 4.69) is 21.8 Å². The van der Waals surface area contributed by atoms with E-state index in [0.29, 0.717) is 5.69 Å². The van der Waals surface area contributed by atoms with Gasteiger partial charge in [0.05, 0.1) is 0 Å². The van der Waals surface area contributed by atoms with Crippen LogP contribution in [0.25, 0.3) is 10.2 Å². The number of aliphatic hydroxyl groups excluding tert-OH is 1. The van der Waals surface area contributed by atoms with Crippen molar-refractivity contribution in [3.63, 3.8) is 0 Å². The van der Waals surface area contributed by atoms with Crippen molar-refractivity contribution in [2.24, 2.45) is 0 Å². The van der Waals surface area contributed by atoms with Crippen LogP contribution in [0.4, 0.5) is 0 Å². The monoisotopic (exact) mass is 190 g/mol. The molecule has 3 nitrogen and oxygen atoms in total. The molecule has 0 saturated carbocycles. The lowest BCUT2D eigenvalue weighted by Crippen LogP contribution is -1.85. The zero-order chi connectivity index (χ0) is 9.10. The van der Waals surface area contributed by atoms with E-state index in [4.69, 9.17) is 5.11 Å². The smallest absolute Gasteiger partial charge is 0.127 e. The van der Waals surface area contributed by atoms with Gasteiger partial charge in [0.2, 0.25) is 0 Å². The average Bonchev–Trinajstić information content (AvgIpc) is 2.62. The molecule has 0 aliphatic rings. The molecule has 0 aliphatic heterocycles. The Labute approximate surface area is 79.1 Å². The summed E-state index contributed by atoms with van der Waals surface area (Å²) in [6.07, 6.45) is 1.49. The van der Waals surface area contributed by atoms with Gasteiger partial charge in [0, 0.05) is 5.39 Å². The number of thiophene rings is 1. The molecule has 4 heteroatoms. The fourth-order valence-corrected chi connectivity index (χ4v) is 1.75. The Morgan fingerprint density at radius 2 is 2.38 bits per heavy atom. The predicted octanol–water partition coefficient (Wildman–Crippen LogP) is 1.04. The maximum absolute atomic E-state index is 8.54. The third kappa shape index (κ3) is 1.52. The highest BCUT2D eigenvalue weighted by Crippen LogP contribution is 2.19. The van der Waals surface area contributed by atoms with E-state index in [9.17, 15) is 0 Å². The zero-order valence-electron chi connectivity index (χ0n) is 6.69. The summed E-state index contributed by atoms with van der Waals surface area (Å²) in [6, 6.07) is 1.93. The summed E-state index contributed by atoms with van der Waals surface area (Å²) in [4.78, 5) is 9.04. The van der Waals surface area contributed by atoms with Gasteiger partial charge in [0.15, 0.2) is 0 Å². The van der Waals surface area contributed by atoms with Crippen molar-refractivity contribution in [1.82, 2.24) is 9.97 Å². The number of hydrogen-bond donors (Lipinski definition) is 1. The Hall–Kier alpha value is -1.44. The van der Waals surface area contributed by atoms with Gasteiger partial charge in [-0.25, -0.2) is 9.97 Å². The van der Waals surface area contributed by atoms with Crippen molar-refractivity contribution in [3.8, 4) is 11.8 Å². The van der Waals surface area contributed by atoms with Gasteiger partial charge >= 0.3 is 0 Å². The van der Waals surface area contributed by atoms with Crippen LogP contribution in [0.2, 0.25) is 0 Å². The summed E-state index contributed by atoms with van der Waals surface area (Å²) >= 11 is 1.55. The highest BCUT2D eigenvalue weighted by atomic mass is 32.1. The van der Waals surface area contributed by atoms with Crippen LogP contribution < -0.4 is 0 Å². The van der Waals surface area contributed by atoms with E-state index in [-0.39, 0.29) is 6.61 Å². The lowest BCUT2D eigenvalue weighted by Gasteiger charge is -1.90. The van der Waals surface area contributed by atoms with Crippen LogP contribution in [-0.2, 0) is 0 Å². The number of aromatic nitrogens is 2. The van der Waals surface area contributed by atoms with Crippen molar-refractivity contribution in [3.05, 3.63) is 23.5 Å². The Balaban J connectivity index is 2.61. The first kappa shape index (κ1) is 8.17. The van der Waals surface area contributed by atoms with Crippen molar-refractivity contribution in [2.75, 3.05) is 6.61 Å². The van der Waals surface area contributed by atoms with Crippen LogP contribution in [0.3, 0.4) is 0 Å². The van der Waals surface area contributed by atoms with Crippen LogP contribution in [-0.4, -0.2) is 21.7 Å². The van der Waals surface area contributed by atoms with E-state index >= 15 is 0 Å². The number of fused-ring (bicyclic) bond motifs is 1. The molecular weight excluding hydrogens is 184 g/mol. The van der Waals surface area contributed by atoms with E-state index in [0.717, 1.165) is 10.2 Å². The summed E-state index contributed by atoms with van der Waals surface area (Å²) in [7, 11) is 0. The third-order valence-electron chi connectivity index (χ3n) is 1.55. The standard InChI is InChI=1S/C9H6N2OS/c12-4-1-2-8-7-3-5-13-9(7)11-6-10-8/h3,5-6,12H,4H2. The van der Waals surface area contributed by atoms with Crippen molar-refractivity contribution in [2.45, 2.75) is 0 Å². The fraction of sp³-hybridized carbons (Fsp3) is 0.111. The minimum atomic E-state index is -0.143. The van der Waals surface area contributed by atoms with Gasteiger partial charge in [-0.05, 0) is 17.4 Å². The molecule has 0 radical (unpaired) electrons. The lowest BCUT2D eigenvalue weighted by molar-refractivity contribution is 0.350. The molecule has 1 N–H and O–H groups in total. The lowest BCUT2D eigenvalue weighted by atomic mass is 10.3. The largest absolute Gasteiger partial charge is 0.384 e. The molecule has 0 spiro atoms.